The van der Waals surface area contributed by atoms with E-state index in [1.807, 2.05) is 30.3 Å². The second kappa shape index (κ2) is 9.48. The van der Waals surface area contributed by atoms with E-state index in [2.05, 4.69) is 34.6 Å². The van der Waals surface area contributed by atoms with Crippen LogP contribution in [0.3, 0.4) is 0 Å². The summed E-state index contributed by atoms with van der Waals surface area (Å²) in [6.45, 7) is 2.09. The summed E-state index contributed by atoms with van der Waals surface area (Å²) in [5, 5.41) is 4.17. The van der Waals surface area contributed by atoms with Crippen molar-refractivity contribution in [3.05, 3.63) is 76.6 Å². The van der Waals surface area contributed by atoms with Crippen LogP contribution < -0.4 is 5.32 Å². The highest BCUT2D eigenvalue weighted by Gasteiger charge is 2.29. The fourth-order valence-corrected chi connectivity index (χ4v) is 6.35. The van der Waals surface area contributed by atoms with Gasteiger partial charge in [0.15, 0.2) is 5.78 Å². The number of aryl methyl sites for hydroxylation is 1. The highest BCUT2D eigenvalue weighted by molar-refractivity contribution is 7.22. The molecule has 0 saturated heterocycles. The number of esters is 1. The smallest absolute Gasteiger partial charge is 0.306 e. The first kappa shape index (κ1) is 23.4. The van der Waals surface area contributed by atoms with Gasteiger partial charge in [-0.05, 0) is 73.0 Å². The number of nitrogens with one attached hydrogen (secondary N) is 2. The average molecular weight is 511 g/mol. The van der Waals surface area contributed by atoms with Crippen LogP contribution in [-0.2, 0) is 27.2 Å². The van der Waals surface area contributed by atoms with E-state index >= 15 is 0 Å². The standard InChI is InChI=1S/C30H26N2O4S/c1-2-36-28(34)13-11-19-24(31-23-7-5-8-25(33)29(19)23)16-21-20-14-18(10-12-22(20)32-30(21)35)27-15-17-6-3-4-9-26(17)37-27/h3-4,6,9-10,12,14-16,31H,2,5,7-8,11,13H2,1H3,(H,32,35). The van der Waals surface area contributed by atoms with Gasteiger partial charge < -0.3 is 15.0 Å². The number of rotatable bonds is 6. The van der Waals surface area contributed by atoms with Crippen LogP contribution >= 0.6 is 11.3 Å². The summed E-state index contributed by atoms with van der Waals surface area (Å²) in [6, 6.07) is 16.5. The Labute approximate surface area is 218 Å². The van der Waals surface area contributed by atoms with E-state index in [0.29, 0.717) is 30.6 Å². The number of thiophene rings is 1. The molecular formula is C30H26N2O4S. The number of aromatic amines is 1. The lowest BCUT2D eigenvalue weighted by Gasteiger charge is -2.11. The predicted octanol–water partition coefficient (Wildman–Crippen LogP) is 6.40. The van der Waals surface area contributed by atoms with Gasteiger partial charge in [-0.2, -0.15) is 0 Å². The average Bonchev–Trinajstić information content (AvgIpc) is 3.57. The van der Waals surface area contributed by atoms with Crippen molar-refractivity contribution >= 4 is 56.4 Å². The van der Waals surface area contributed by atoms with Crippen molar-refractivity contribution < 1.29 is 19.1 Å². The molecule has 1 aliphatic heterocycles. The highest BCUT2D eigenvalue weighted by atomic mass is 32.1. The van der Waals surface area contributed by atoms with Crippen molar-refractivity contribution in [2.24, 2.45) is 0 Å². The van der Waals surface area contributed by atoms with Gasteiger partial charge >= 0.3 is 5.97 Å². The number of carbonyl (C=O) groups is 3. The Hall–Kier alpha value is -3.97. The number of H-pyrrole nitrogens is 1. The van der Waals surface area contributed by atoms with Gasteiger partial charge in [-0.25, -0.2) is 0 Å². The number of anilines is 1. The summed E-state index contributed by atoms with van der Waals surface area (Å²) in [5.74, 6) is -0.390. The van der Waals surface area contributed by atoms with Gasteiger partial charge in [-0.15, -0.1) is 11.3 Å². The quantitative estimate of drug-likeness (QED) is 0.232. The first-order chi connectivity index (χ1) is 18.0. The number of ether oxygens (including phenoxy) is 1. The van der Waals surface area contributed by atoms with E-state index in [-0.39, 0.29) is 24.1 Å². The summed E-state index contributed by atoms with van der Waals surface area (Å²) in [5.41, 5.74) is 6.26. The Bertz CT molecular complexity index is 1570. The van der Waals surface area contributed by atoms with E-state index in [1.165, 1.54) is 10.1 Å². The number of amides is 1. The minimum Gasteiger partial charge on any atom is -0.466 e. The monoisotopic (exact) mass is 510 g/mol. The molecule has 0 unspecified atom stereocenters. The Morgan fingerprint density at radius 2 is 1.97 bits per heavy atom. The number of carbonyl (C=O) groups excluding carboxylic acids is 3. The van der Waals surface area contributed by atoms with Crippen LogP contribution in [0.15, 0.2) is 48.5 Å². The molecule has 2 N–H and O–H groups in total. The maximum absolute atomic E-state index is 13.1. The third kappa shape index (κ3) is 4.29. The molecule has 6 nitrogen and oxygen atoms in total. The zero-order valence-corrected chi connectivity index (χ0v) is 21.3. The van der Waals surface area contributed by atoms with Gasteiger partial charge in [0.05, 0.1) is 12.2 Å². The largest absolute Gasteiger partial charge is 0.466 e. The third-order valence-electron chi connectivity index (χ3n) is 7.01. The second-order valence-corrected chi connectivity index (χ2v) is 10.5. The topological polar surface area (TPSA) is 88.3 Å². The lowest BCUT2D eigenvalue weighted by atomic mass is 9.91. The van der Waals surface area contributed by atoms with Crippen LogP contribution in [-0.4, -0.2) is 29.3 Å². The van der Waals surface area contributed by atoms with E-state index in [4.69, 9.17) is 4.74 Å². The number of hydrogen-bond acceptors (Lipinski definition) is 5. The van der Waals surface area contributed by atoms with Crippen LogP contribution in [0.4, 0.5) is 5.69 Å². The van der Waals surface area contributed by atoms with Gasteiger partial charge in [0.1, 0.15) is 0 Å². The summed E-state index contributed by atoms with van der Waals surface area (Å²) in [4.78, 5) is 42.5. The number of hydrogen-bond donors (Lipinski definition) is 2. The molecule has 2 aromatic heterocycles. The van der Waals surface area contributed by atoms with Crippen LogP contribution in [0.2, 0.25) is 0 Å². The lowest BCUT2D eigenvalue weighted by molar-refractivity contribution is -0.143. The molecule has 0 atom stereocenters. The first-order valence-corrected chi connectivity index (χ1v) is 13.4. The number of aromatic nitrogens is 1. The molecule has 1 aliphatic carbocycles. The van der Waals surface area contributed by atoms with Crippen molar-refractivity contribution in [3.8, 4) is 10.4 Å². The molecule has 0 saturated carbocycles. The fourth-order valence-electron chi connectivity index (χ4n) is 5.29. The van der Waals surface area contributed by atoms with Crippen LogP contribution in [0, 0.1) is 0 Å². The fraction of sp³-hybridized carbons (Fsp3) is 0.233. The van der Waals surface area contributed by atoms with E-state index < -0.39 is 0 Å². The normalized spacial score (nSPS) is 15.6. The Morgan fingerprint density at radius 1 is 1.11 bits per heavy atom. The molecule has 1 amide bonds. The van der Waals surface area contributed by atoms with Crippen LogP contribution in [0.5, 0.6) is 0 Å². The number of benzene rings is 2. The minimum atomic E-state index is -0.295. The molecular weight excluding hydrogens is 484 g/mol. The van der Waals surface area contributed by atoms with Crippen LogP contribution in [0.1, 0.15) is 59.1 Å². The van der Waals surface area contributed by atoms with Crippen molar-refractivity contribution in [2.75, 3.05) is 11.9 Å². The van der Waals surface area contributed by atoms with Gasteiger partial charge in [0.2, 0.25) is 0 Å². The zero-order valence-electron chi connectivity index (χ0n) is 20.5. The Balaban J connectivity index is 1.41. The zero-order chi connectivity index (χ0) is 25.5. The molecule has 7 heteroatoms. The molecule has 0 spiro atoms. The summed E-state index contributed by atoms with van der Waals surface area (Å²) in [6.07, 6.45) is 4.46. The van der Waals surface area contributed by atoms with Gasteiger partial charge in [-0.3, -0.25) is 14.4 Å². The maximum Gasteiger partial charge on any atom is 0.306 e. The van der Waals surface area contributed by atoms with E-state index in [9.17, 15) is 14.4 Å². The third-order valence-corrected chi connectivity index (χ3v) is 8.17. The first-order valence-electron chi connectivity index (χ1n) is 12.6. The Morgan fingerprint density at radius 3 is 2.81 bits per heavy atom. The molecule has 2 aromatic carbocycles. The molecule has 2 aliphatic rings. The van der Waals surface area contributed by atoms with Crippen molar-refractivity contribution in [1.82, 2.24) is 4.98 Å². The van der Waals surface area contributed by atoms with E-state index in [1.54, 1.807) is 18.3 Å². The maximum atomic E-state index is 13.1. The number of ketones is 1. The molecule has 37 heavy (non-hydrogen) atoms. The second-order valence-electron chi connectivity index (χ2n) is 9.37. The minimum absolute atomic E-state index is 0.0873. The number of Topliss-reactive ketones (excluding diaryl/α,β-unsaturated/α-hetero) is 1. The molecule has 4 aromatic rings. The highest BCUT2D eigenvalue weighted by Crippen LogP contribution is 2.40. The Kier molecular flexibility index (Phi) is 6.00. The SMILES string of the molecule is CCOC(=O)CCc1c(C=C2C(=O)Nc3ccc(-c4cc5ccccc5s4)cc32)[nH]c2c1C(=O)CCC2. The molecule has 0 radical (unpaired) electrons. The summed E-state index contributed by atoms with van der Waals surface area (Å²) >= 11 is 1.72. The molecule has 3 heterocycles. The number of fused-ring (bicyclic) bond motifs is 3. The summed E-state index contributed by atoms with van der Waals surface area (Å²) in [7, 11) is 0. The van der Waals surface area contributed by atoms with Crippen molar-refractivity contribution in [2.45, 2.75) is 39.0 Å². The van der Waals surface area contributed by atoms with Crippen LogP contribution in [0.25, 0.3) is 32.2 Å². The molecule has 186 valence electrons. The molecule has 0 fully saturated rings. The molecule has 6 rings (SSSR count). The van der Waals surface area contributed by atoms with Crippen molar-refractivity contribution in [1.29, 1.82) is 0 Å². The van der Waals surface area contributed by atoms with Gasteiger partial charge in [-0.1, -0.05) is 24.3 Å². The van der Waals surface area contributed by atoms with E-state index in [0.717, 1.165) is 51.5 Å². The van der Waals surface area contributed by atoms with Crippen molar-refractivity contribution in [3.63, 3.8) is 0 Å². The van der Waals surface area contributed by atoms with Gasteiger partial charge in [0.25, 0.3) is 5.91 Å². The summed E-state index contributed by atoms with van der Waals surface area (Å²) < 4.78 is 6.33. The predicted molar refractivity (Wildman–Crippen MR) is 147 cm³/mol. The molecule has 0 bridgehead atoms. The lowest BCUT2D eigenvalue weighted by Crippen LogP contribution is -2.12. The van der Waals surface area contributed by atoms with Gasteiger partial charge in [0, 0.05) is 50.6 Å².